The van der Waals surface area contributed by atoms with Crippen molar-refractivity contribution in [3.05, 3.63) is 48.6 Å². The maximum Gasteiger partial charge on any atom is 0.306 e. The monoisotopic (exact) mass is 701 g/mol. The molecule has 0 bridgehead atoms. The molecule has 0 radical (unpaired) electrons. The minimum Gasteiger partial charge on any atom is -0.462 e. The lowest BCUT2D eigenvalue weighted by Crippen LogP contribution is -2.28. The average Bonchev–Trinajstić information content (AvgIpc) is 3.12. The summed E-state index contributed by atoms with van der Waals surface area (Å²) in [5.41, 5.74) is 0. The Morgan fingerprint density at radius 3 is 1.18 bits per heavy atom. The molecule has 290 valence electrons. The molecule has 5 nitrogen and oxygen atoms in total. The minimum absolute atomic E-state index is 0.0735. The lowest BCUT2D eigenvalue weighted by molar-refractivity contribution is -0.161. The van der Waals surface area contributed by atoms with Crippen LogP contribution in [0.3, 0.4) is 0 Å². The second-order valence-corrected chi connectivity index (χ2v) is 14.1. The molecular formula is C45H80O5. The molecule has 0 spiro atoms. The van der Waals surface area contributed by atoms with Crippen LogP contribution < -0.4 is 0 Å². The van der Waals surface area contributed by atoms with Gasteiger partial charge in [0.15, 0.2) is 6.10 Å². The van der Waals surface area contributed by atoms with Gasteiger partial charge in [0.05, 0.1) is 6.61 Å². The fourth-order valence-corrected chi connectivity index (χ4v) is 5.85. The van der Waals surface area contributed by atoms with Crippen molar-refractivity contribution in [2.75, 3.05) is 13.2 Å². The number of rotatable bonds is 38. The van der Waals surface area contributed by atoms with Crippen LogP contribution in [-0.2, 0) is 19.1 Å². The standard InChI is InChI=1S/C45H80O5/c1-3-5-7-9-11-13-15-17-19-21-23-25-27-29-31-33-35-37-39-44(47)49-42-43(41-46)50-45(48)40-38-36-34-32-30-28-26-24-22-20-18-16-14-12-10-8-6-4-2/h13-16,19-22,43,46H,3-12,17-18,23-42H2,1-2H3/b15-13-,16-14-,21-19-,22-20-. The zero-order valence-corrected chi connectivity index (χ0v) is 32.9. The zero-order valence-electron chi connectivity index (χ0n) is 32.9. The summed E-state index contributed by atoms with van der Waals surface area (Å²) in [5.74, 6) is -0.607. The van der Waals surface area contributed by atoms with Gasteiger partial charge in [-0.1, -0.05) is 165 Å². The van der Waals surface area contributed by atoms with E-state index in [0.29, 0.717) is 12.8 Å². The Labute approximate surface area is 309 Å². The summed E-state index contributed by atoms with van der Waals surface area (Å²) < 4.78 is 10.6. The van der Waals surface area contributed by atoms with E-state index in [2.05, 4.69) is 62.5 Å². The number of aliphatic hydroxyl groups is 1. The Hall–Kier alpha value is -2.14. The van der Waals surface area contributed by atoms with Gasteiger partial charge in [-0.3, -0.25) is 9.59 Å². The van der Waals surface area contributed by atoms with E-state index < -0.39 is 6.10 Å². The van der Waals surface area contributed by atoms with Crippen molar-refractivity contribution in [2.45, 2.75) is 213 Å². The van der Waals surface area contributed by atoms with Crippen LogP contribution in [0.4, 0.5) is 0 Å². The predicted octanol–water partition coefficient (Wildman–Crippen LogP) is 13.4. The van der Waals surface area contributed by atoms with Crippen molar-refractivity contribution in [1.82, 2.24) is 0 Å². The number of hydrogen-bond acceptors (Lipinski definition) is 5. The van der Waals surface area contributed by atoms with Crippen LogP contribution in [0.2, 0.25) is 0 Å². The SMILES string of the molecule is CCCCCC/C=C\C/C=C\CCCCCCCCCC(=O)OCC(CO)OC(=O)CCCCCCCCC/C=C\C/C=C\CCCCCC. The first kappa shape index (κ1) is 47.9. The van der Waals surface area contributed by atoms with Crippen LogP contribution in [0, 0.1) is 0 Å². The van der Waals surface area contributed by atoms with Crippen molar-refractivity contribution >= 4 is 11.9 Å². The van der Waals surface area contributed by atoms with Gasteiger partial charge >= 0.3 is 11.9 Å². The first-order chi connectivity index (χ1) is 24.6. The summed E-state index contributed by atoms with van der Waals surface area (Å²) in [6.45, 7) is 4.09. The summed E-state index contributed by atoms with van der Waals surface area (Å²) in [5, 5.41) is 9.57. The van der Waals surface area contributed by atoms with Crippen LogP contribution in [-0.4, -0.2) is 36.4 Å². The Bertz CT molecular complexity index is 842. The smallest absolute Gasteiger partial charge is 0.306 e. The van der Waals surface area contributed by atoms with Gasteiger partial charge < -0.3 is 14.6 Å². The highest BCUT2D eigenvalue weighted by molar-refractivity contribution is 5.70. The third kappa shape index (κ3) is 38.7. The molecule has 0 heterocycles. The molecule has 5 heteroatoms. The number of esters is 2. The molecule has 50 heavy (non-hydrogen) atoms. The number of unbranched alkanes of at least 4 members (excludes halogenated alkanes) is 22. The van der Waals surface area contributed by atoms with Crippen molar-refractivity contribution in [3.8, 4) is 0 Å². The van der Waals surface area contributed by atoms with E-state index in [1.165, 1.54) is 116 Å². The lowest BCUT2D eigenvalue weighted by atomic mass is 10.1. The van der Waals surface area contributed by atoms with Gasteiger partial charge in [0.1, 0.15) is 6.61 Å². The molecule has 0 rings (SSSR count). The average molecular weight is 701 g/mol. The molecule has 0 aromatic rings. The summed E-state index contributed by atoms with van der Waals surface area (Å²) >= 11 is 0. The van der Waals surface area contributed by atoms with Gasteiger partial charge in [0.2, 0.25) is 0 Å². The zero-order chi connectivity index (χ0) is 36.4. The van der Waals surface area contributed by atoms with Gasteiger partial charge in [-0.05, 0) is 77.0 Å². The van der Waals surface area contributed by atoms with Gasteiger partial charge in [-0.25, -0.2) is 0 Å². The summed E-state index contributed by atoms with van der Waals surface area (Å²) in [4.78, 5) is 24.3. The van der Waals surface area contributed by atoms with Crippen molar-refractivity contribution in [1.29, 1.82) is 0 Å². The van der Waals surface area contributed by atoms with E-state index in [9.17, 15) is 14.7 Å². The molecule has 1 N–H and O–H groups in total. The molecule has 1 atom stereocenters. The molecule has 0 fully saturated rings. The Kier molecular flexibility index (Phi) is 39.5. The van der Waals surface area contributed by atoms with E-state index in [-0.39, 0.29) is 25.2 Å². The fourth-order valence-electron chi connectivity index (χ4n) is 5.85. The van der Waals surface area contributed by atoms with Crippen LogP contribution in [0.15, 0.2) is 48.6 Å². The second-order valence-electron chi connectivity index (χ2n) is 14.1. The van der Waals surface area contributed by atoms with Gasteiger partial charge in [0.25, 0.3) is 0 Å². The second kappa shape index (κ2) is 41.3. The van der Waals surface area contributed by atoms with Crippen molar-refractivity contribution in [3.63, 3.8) is 0 Å². The molecule has 0 saturated heterocycles. The summed E-state index contributed by atoms with van der Waals surface area (Å²) in [6.07, 6.45) is 51.7. The van der Waals surface area contributed by atoms with Crippen LogP contribution in [0.5, 0.6) is 0 Å². The highest BCUT2D eigenvalue weighted by atomic mass is 16.6. The number of carbonyl (C=O) groups excluding carboxylic acids is 2. The third-order valence-corrected chi connectivity index (χ3v) is 9.10. The van der Waals surface area contributed by atoms with E-state index >= 15 is 0 Å². The topological polar surface area (TPSA) is 72.8 Å². The van der Waals surface area contributed by atoms with Crippen LogP contribution in [0.1, 0.15) is 206 Å². The summed E-state index contributed by atoms with van der Waals surface area (Å²) in [6, 6.07) is 0. The van der Waals surface area contributed by atoms with E-state index in [1.807, 2.05) is 0 Å². The van der Waals surface area contributed by atoms with Crippen LogP contribution in [0.25, 0.3) is 0 Å². The first-order valence-corrected chi connectivity index (χ1v) is 21.2. The number of ether oxygens (including phenoxy) is 2. The lowest BCUT2D eigenvalue weighted by Gasteiger charge is -2.15. The van der Waals surface area contributed by atoms with Gasteiger partial charge in [-0.15, -0.1) is 0 Å². The Morgan fingerprint density at radius 2 is 0.800 bits per heavy atom. The van der Waals surface area contributed by atoms with E-state index in [0.717, 1.165) is 64.2 Å². The predicted molar refractivity (Wildman–Crippen MR) is 214 cm³/mol. The highest BCUT2D eigenvalue weighted by Gasteiger charge is 2.16. The van der Waals surface area contributed by atoms with Crippen molar-refractivity contribution in [2.24, 2.45) is 0 Å². The first-order valence-electron chi connectivity index (χ1n) is 21.2. The molecule has 0 aliphatic rings. The molecule has 0 aromatic carbocycles. The van der Waals surface area contributed by atoms with Crippen LogP contribution >= 0.6 is 0 Å². The molecule has 0 aliphatic carbocycles. The van der Waals surface area contributed by atoms with Gasteiger partial charge in [0, 0.05) is 12.8 Å². The summed E-state index contributed by atoms with van der Waals surface area (Å²) in [7, 11) is 0. The quantitative estimate of drug-likeness (QED) is 0.0394. The molecule has 0 saturated carbocycles. The van der Waals surface area contributed by atoms with Gasteiger partial charge in [-0.2, -0.15) is 0 Å². The fraction of sp³-hybridized carbons (Fsp3) is 0.778. The number of allylic oxidation sites excluding steroid dienone is 8. The molecular weight excluding hydrogens is 620 g/mol. The Balaban J connectivity index is 3.57. The molecule has 0 aliphatic heterocycles. The van der Waals surface area contributed by atoms with E-state index in [1.54, 1.807) is 0 Å². The largest absolute Gasteiger partial charge is 0.462 e. The highest BCUT2D eigenvalue weighted by Crippen LogP contribution is 2.13. The number of aliphatic hydroxyl groups excluding tert-OH is 1. The minimum atomic E-state index is -0.779. The number of carbonyl (C=O) groups is 2. The number of hydrogen-bond donors (Lipinski definition) is 1. The molecule has 0 amide bonds. The maximum atomic E-state index is 12.2. The molecule has 1 unspecified atom stereocenters. The third-order valence-electron chi connectivity index (χ3n) is 9.10. The van der Waals surface area contributed by atoms with Crippen molar-refractivity contribution < 1.29 is 24.2 Å². The molecule has 0 aromatic heterocycles. The Morgan fingerprint density at radius 1 is 0.460 bits per heavy atom. The normalized spacial score (nSPS) is 12.6. The maximum absolute atomic E-state index is 12.2. The van der Waals surface area contributed by atoms with E-state index in [4.69, 9.17) is 9.47 Å².